The highest BCUT2D eigenvalue weighted by Gasteiger charge is 2.52. The van der Waals surface area contributed by atoms with Crippen LogP contribution in [0.1, 0.15) is 0 Å². The monoisotopic (exact) mass is 209 g/mol. The number of nitrogens with one attached hydrogen (secondary N) is 1. The summed E-state index contributed by atoms with van der Waals surface area (Å²) in [6.45, 7) is 1.91. The third kappa shape index (κ3) is 0.896. The van der Waals surface area contributed by atoms with Crippen molar-refractivity contribution in [2.75, 3.05) is 19.6 Å². The van der Waals surface area contributed by atoms with Crippen molar-refractivity contribution >= 4 is 0 Å². The maximum atomic E-state index is 5.54. The third-order valence-corrected chi connectivity index (χ3v) is 2.49. The van der Waals surface area contributed by atoms with Crippen molar-refractivity contribution in [2.45, 2.75) is 5.91 Å². The van der Waals surface area contributed by atoms with Crippen LogP contribution in [0.4, 0.5) is 0 Å². The number of ether oxygens (including phenoxy) is 2. The molecule has 0 aromatic carbocycles. The largest absolute Gasteiger partial charge is 0.402 e. The summed E-state index contributed by atoms with van der Waals surface area (Å²) in [6.07, 6.45) is 0. The van der Waals surface area contributed by atoms with Crippen molar-refractivity contribution in [3.8, 4) is 18.0 Å². The minimum absolute atomic E-state index is 0.219. The Morgan fingerprint density at radius 1 is 1.13 bits per heavy atom. The third-order valence-electron chi connectivity index (χ3n) is 2.49. The molecule has 15 heavy (non-hydrogen) atoms. The second kappa shape index (κ2) is 2.28. The Bertz CT molecular complexity index is 413. The summed E-state index contributed by atoms with van der Waals surface area (Å²) in [7, 11) is 0. The molecule has 4 aliphatic rings. The number of rotatable bonds is 0. The van der Waals surface area contributed by atoms with Gasteiger partial charge in [-0.25, -0.2) is 0 Å². The minimum atomic E-state index is -1.00. The molecular weight excluding hydrogens is 202 g/mol. The van der Waals surface area contributed by atoms with Gasteiger partial charge in [-0.2, -0.15) is 0 Å². The molecule has 5 heterocycles. The van der Waals surface area contributed by atoms with Gasteiger partial charge in [0.15, 0.2) is 0 Å². The zero-order valence-corrected chi connectivity index (χ0v) is 7.63. The lowest BCUT2D eigenvalue weighted by atomic mass is 10.3. The van der Waals surface area contributed by atoms with E-state index in [-0.39, 0.29) is 18.0 Å². The molecule has 1 saturated heterocycles. The summed E-state index contributed by atoms with van der Waals surface area (Å²) in [5.74, 6) is -1.00. The van der Waals surface area contributed by atoms with Crippen LogP contribution in [0.3, 0.4) is 0 Å². The van der Waals surface area contributed by atoms with E-state index in [2.05, 4.69) is 20.3 Å². The summed E-state index contributed by atoms with van der Waals surface area (Å²) < 4.78 is 11.1. The van der Waals surface area contributed by atoms with E-state index >= 15 is 0 Å². The Morgan fingerprint density at radius 3 is 2.67 bits per heavy atom. The van der Waals surface area contributed by atoms with Crippen molar-refractivity contribution in [3.63, 3.8) is 0 Å². The van der Waals surface area contributed by atoms with Crippen LogP contribution in [0, 0.1) is 0 Å². The minimum Gasteiger partial charge on any atom is -0.402 e. The average Bonchev–Trinajstić information content (AvgIpc) is 2.37. The Kier molecular flexibility index (Phi) is 1.16. The molecule has 0 radical (unpaired) electrons. The summed E-state index contributed by atoms with van der Waals surface area (Å²) >= 11 is 0. The maximum Gasteiger partial charge on any atom is 0.364 e. The van der Waals surface area contributed by atoms with E-state index in [4.69, 9.17) is 14.3 Å². The van der Waals surface area contributed by atoms with Gasteiger partial charge >= 0.3 is 23.9 Å². The molecule has 1 aromatic heterocycles. The van der Waals surface area contributed by atoms with Crippen molar-refractivity contribution < 1.29 is 14.3 Å². The molecule has 1 N–H and O–H groups in total. The van der Waals surface area contributed by atoms with Crippen molar-refractivity contribution in [1.82, 2.24) is 25.3 Å². The number of hydrogen-bond donors (Lipinski definition) is 1. The van der Waals surface area contributed by atoms with E-state index in [0.717, 1.165) is 6.54 Å². The van der Waals surface area contributed by atoms with Gasteiger partial charge in [-0.1, -0.05) is 5.06 Å². The predicted molar refractivity (Wildman–Crippen MR) is 44.0 cm³/mol. The van der Waals surface area contributed by atoms with Gasteiger partial charge in [-0.05, 0) is 0 Å². The van der Waals surface area contributed by atoms with E-state index in [1.54, 1.807) is 5.06 Å². The summed E-state index contributed by atoms with van der Waals surface area (Å²) in [5.41, 5.74) is 0. The number of hydroxylamine groups is 2. The standard InChI is InChI=1S/C7H7N5O3/c1-2-12-7(3-8-1)13-4-9-5(14-7)11-6(10-4)15-12/h8H,1-3H2. The summed E-state index contributed by atoms with van der Waals surface area (Å²) in [4.78, 5) is 17.3. The van der Waals surface area contributed by atoms with Crippen LogP contribution in [-0.2, 0) is 0 Å². The fourth-order valence-electron chi connectivity index (χ4n) is 1.83. The molecule has 5 rings (SSSR count). The fourth-order valence-corrected chi connectivity index (χ4v) is 1.83. The highest BCUT2D eigenvalue weighted by molar-refractivity contribution is 5.16. The quantitative estimate of drug-likeness (QED) is 0.553. The lowest BCUT2D eigenvalue weighted by molar-refractivity contribution is -0.321. The van der Waals surface area contributed by atoms with E-state index in [9.17, 15) is 0 Å². The SMILES string of the molecule is C1CN2Oc3nc4nc(n3)OC2(CN1)O4. The van der Waals surface area contributed by atoms with E-state index in [1.807, 2.05) is 0 Å². The normalized spacial score (nSPS) is 24.8. The molecule has 0 aliphatic carbocycles. The Hall–Kier alpha value is -1.67. The fraction of sp³-hybridized carbons (Fsp3) is 0.571. The highest BCUT2D eigenvalue weighted by atomic mass is 16.8. The maximum absolute atomic E-state index is 5.54. The molecule has 1 fully saturated rings. The first-order valence-corrected chi connectivity index (χ1v) is 4.65. The van der Waals surface area contributed by atoms with E-state index in [1.165, 1.54) is 0 Å². The number of aromatic nitrogens is 3. The molecule has 4 bridgehead atoms. The smallest absolute Gasteiger partial charge is 0.364 e. The molecule has 8 heteroatoms. The molecular formula is C7H7N5O3. The van der Waals surface area contributed by atoms with Gasteiger partial charge in [-0.3, -0.25) is 0 Å². The average molecular weight is 209 g/mol. The van der Waals surface area contributed by atoms with Crippen molar-refractivity contribution in [3.05, 3.63) is 0 Å². The van der Waals surface area contributed by atoms with Crippen molar-refractivity contribution in [2.24, 2.45) is 0 Å². The lowest BCUT2D eigenvalue weighted by Crippen LogP contribution is -2.68. The number of hydrogen-bond acceptors (Lipinski definition) is 8. The zero-order chi connectivity index (χ0) is 9.88. The van der Waals surface area contributed by atoms with Crippen LogP contribution >= 0.6 is 0 Å². The van der Waals surface area contributed by atoms with Gasteiger partial charge in [0.25, 0.3) is 0 Å². The van der Waals surface area contributed by atoms with Crippen LogP contribution in [-0.4, -0.2) is 45.6 Å². The molecule has 8 nitrogen and oxygen atoms in total. The highest BCUT2D eigenvalue weighted by Crippen LogP contribution is 2.34. The molecule has 0 atom stereocenters. The Labute approximate surface area is 84.1 Å². The van der Waals surface area contributed by atoms with Crippen LogP contribution in [0.5, 0.6) is 18.0 Å². The van der Waals surface area contributed by atoms with Crippen LogP contribution < -0.4 is 19.6 Å². The molecule has 0 amide bonds. The predicted octanol–water partition coefficient (Wildman–Crippen LogP) is -1.49. The summed E-state index contributed by atoms with van der Waals surface area (Å²) in [6, 6.07) is 0.705. The first-order chi connectivity index (χ1) is 7.34. The van der Waals surface area contributed by atoms with Gasteiger partial charge in [0, 0.05) is 6.54 Å². The van der Waals surface area contributed by atoms with E-state index in [0.29, 0.717) is 13.1 Å². The first-order valence-electron chi connectivity index (χ1n) is 4.65. The molecule has 1 aromatic rings. The van der Waals surface area contributed by atoms with E-state index < -0.39 is 5.91 Å². The summed E-state index contributed by atoms with van der Waals surface area (Å²) in [5, 5.41) is 4.76. The van der Waals surface area contributed by atoms with Crippen LogP contribution in [0.2, 0.25) is 0 Å². The van der Waals surface area contributed by atoms with Gasteiger partial charge in [0.05, 0.1) is 13.1 Å². The topological polar surface area (TPSA) is 81.6 Å². The molecule has 4 aliphatic heterocycles. The van der Waals surface area contributed by atoms with Crippen LogP contribution in [0.25, 0.3) is 0 Å². The number of nitrogens with zero attached hydrogens (tertiary/aromatic N) is 4. The number of piperazine rings is 1. The Morgan fingerprint density at radius 2 is 1.87 bits per heavy atom. The van der Waals surface area contributed by atoms with Gasteiger partial charge < -0.3 is 19.6 Å². The molecule has 1 spiro atoms. The lowest BCUT2D eigenvalue weighted by Gasteiger charge is -2.40. The zero-order valence-electron chi connectivity index (χ0n) is 7.63. The van der Waals surface area contributed by atoms with Crippen molar-refractivity contribution in [1.29, 1.82) is 0 Å². The van der Waals surface area contributed by atoms with Gasteiger partial charge in [0.2, 0.25) is 0 Å². The first kappa shape index (κ1) is 7.60. The van der Waals surface area contributed by atoms with Gasteiger partial charge in [0.1, 0.15) is 0 Å². The molecule has 78 valence electrons. The van der Waals surface area contributed by atoms with Gasteiger partial charge in [-0.15, -0.1) is 15.0 Å². The molecule has 0 unspecified atom stereocenters. The van der Waals surface area contributed by atoms with Crippen LogP contribution in [0.15, 0.2) is 0 Å². The Balaban J connectivity index is 1.90. The molecule has 0 saturated carbocycles. The second-order valence-electron chi connectivity index (χ2n) is 3.47. The second-order valence-corrected chi connectivity index (χ2v) is 3.47.